The van der Waals surface area contributed by atoms with Crippen LogP contribution in [0.25, 0.3) is 5.57 Å². The Kier molecular flexibility index (Phi) is 9.03. The zero-order chi connectivity index (χ0) is 33.0. The number of pyridine rings is 3. The lowest BCUT2D eigenvalue weighted by Crippen LogP contribution is -2.43. The largest absolute Gasteiger partial charge is 0.555 e. The maximum absolute atomic E-state index is 5.86. The van der Waals surface area contributed by atoms with Gasteiger partial charge >= 0.3 is 7.55 Å². The molecule has 0 unspecified atom stereocenters. The predicted molar refractivity (Wildman–Crippen MR) is 190 cm³/mol. The minimum absolute atomic E-state index is 0.659. The van der Waals surface area contributed by atoms with Crippen LogP contribution in [0.3, 0.4) is 0 Å². The number of aryl methyl sites for hydroxylation is 3. The Hall–Kier alpha value is -5.28. The summed E-state index contributed by atoms with van der Waals surface area (Å²) in [4.78, 5) is 18.7. The van der Waals surface area contributed by atoms with Gasteiger partial charge in [0.15, 0.2) is 5.88 Å². The number of amidine groups is 1. The van der Waals surface area contributed by atoms with Crippen LogP contribution in [0, 0.1) is 20.8 Å². The van der Waals surface area contributed by atoms with Crippen molar-refractivity contribution in [2.45, 2.75) is 40.4 Å². The first-order chi connectivity index (χ1) is 23.5. The highest BCUT2D eigenvalue weighted by Crippen LogP contribution is 2.40. The first-order valence-corrected chi connectivity index (χ1v) is 16.4. The molecule has 0 saturated carbocycles. The van der Waals surface area contributed by atoms with E-state index in [1.165, 1.54) is 27.8 Å². The van der Waals surface area contributed by atoms with Crippen LogP contribution in [0.4, 0.5) is 0 Å². The van der Waals surface area contributed by atoms with E-state index in [0.717, 1.165) is 66.4 Å². The quantitative estimate of drug-likeness (QED) is 0.133. The molecule has 1 aromatic carbocycles. The molecule has 8 nitrogen and oxygen atoms in total. The van der Waals surface area contributed by atoms with Crippen LogP contribution in [0.2, 0.25) is 0 Å². The molecule has 2 aliphatic rings. The molecule has 48 heavy (non-hydrogen) atoms. The fourth-order valence-electron chi connectivity index (χ4n) is 6.90. The summed E-state index contributed by atoms with van der Waals surface area (Å²) in [5.74, 6) is 1.89. The van der Waals surface area contributed by atoms with E-state index in [1.807, 2.05) is 48.9 Å². The summed E-state index contributed by atoms with van der Waals surface area (Å²) in [6.45, 7) is 10.3. The van der Waals surface area contributed by atoms with Gasteiger partial charge in [-0.05, 0) is 92.1 Å². The number of methoxy groups -OCH3 is 1. The molecule has 0 fully saturated rings. The van der Waals surface area contributed by atoms with Crippen LogP contribution < -0.4 is 4.74 Å². The third kappa shape index (κ3) is 6.46. The second-order valence-electron chi connectivity index (χ2n) is 12.4. The summed E-state index contributed by atoms with van der Waals surface area (Å²) in [7, 11) is 3.89. The topological polar surface area (TPSA) is 62.3 Å². The highest BCUT2D eigenvalue weighted by molar-refractivity contribution is 6.40. The highest BCUT2D eigenvalue weighted by atomic mass is 16.5. The van der Waals surface area contributed by atoms with Gasteiger partial charge in [0.25, 0.3) is 5.84 Å². The van der Waals surface area contributed by atoms with Crippen LogP contribution >= 0.6 is 0 Å². The molecule has 0 bridgehead atoms. The Bertz CT molecular complexity index is 1940. The molecule has 239 valence electrons. The highest BCUT2D eigenvalue weighted by Gasteiger charge is 2.41. The van der Waals surface area contributed by atoms with Crippen molar-refractivity contribution in [1.29, 1.82) is 0 Å². The number of fused-ring (bicyclic) bond motifs is 2. The smallest absolute Gasteiger partial charge is 0.483 e. The van der Waals surface area contributed by atoms with E-state index in [9.17, 15) is 0 Å². The zero-order valence-corrected chi connectivity index (χ0v) is 28.0. The third-order valence-corrected chi connectivity index (χ3v) is 8.97. The molecule has 4 aromatic heterocycles. The van der Waals surface area contributed by atoms with Gasteiger partial charge in [-0.15, -0.1) is 0 Å². The monoisotopic (exact) mass is 633 g/mol. The molecule has 6 heterocycles. The summed E-state index contributed by atoms with van der Waals surface area (Å²) in [5, 5.41) is 0. The van der Waals surface area contributed by atoms with Crippen molar-refractivity contribution in [3.63, 3.8) is 0 Å². The lowest BCUT2D eigenvalue weighted by atomic mass is 9.86. The second-order valence-corrected chi connectivity index (χ2v) is 12.4. The van der Waals surface area contributed by atoms with Crippen molar-refractivity contribution in [1.82, 2.24) is 29.1 Å². The maximum atomic E-state index is 5.86. The molecule has 1 radical (unpaired) electrons. The molecule has 9 heteroatoms. The molecular formula is C39H40BN7O+. The Labute approximate surface area is 283 Å². The minimum Gasteiger partial charge on any atom is -0.483 e. The van der Waals surface area contributed by atoms with Gasteiger partial charge in [0.05, 0.1) is 36.3 Å². The van der Waals surface area contributed by atoms with Gasteiger partial charge in [0.1, 0.15) is 12.2 Å². The Morgan fingerprint density at radius 1 is 0.771 bits per heavy atom. The van der Waals surface area contributed by atoms with Crippen molar-refractivity contribution in [3.05, 3.63) is 160 Å². The lowest BCUT2D eigenvalue weighted by molar-refractivity contribution is -0.547. The van der Waals surface area contributed by atoms with Gasteiger partial charge in [-0.3, -0.25) is 29.2 Å². The van der Waals surface area contributed by atoms with Crippen LogP contribution in [0.15, 0.2) is 115 Å². The fourth-order valence-corrected chi connectivity index (χ4v) is 6.90. The van der Waals surface area contributed by atoms with Crippen molar-refractivity contribution < 1.29 is 9.31 Å². The molecule has 0 atom stereocenters. The minimum atomic E-state index is 0.659. The van der Waals surface area contributed by atoms with Crippen molar-refractivity contribution in [3.8, 4) is 5.88 Å². The van der Waals surface area contributed by atoms with Crippen molar-refractivity contribution >= 4 is 19.0 Å². The average molecular weight is 634 g/mol. The lowest BCUT2D eigenvalue weighted by Gasteiger charge is -2.28. The number of benzene rings is 1. The first-order valence-electron chi connectivity index (χ1n) is 16.4. The molecule has 5 aromatic rings. The van der Waals surface area contributed by atoms with Crippen LogP contribution in [0.5, 0.6) is 5.88 Å². The second kappa shape index (κ2) is 13.8. The SMILES string of the molecule is COc1ccc2n1[B]N1C(=C2c2c(C)cc(C)cc2C)C=CC1=[N+](CCN(Cc1ccccn1)Cc1ccccn1)Cc1ccccn1. The van der Waals surface area contributed by atoms with Gasteiger partial charge in [-0.2, -0.15) is 0 Å². The Balaban J connectivity index is 1.30. The molecule has 7 rings (SSSR count). The number of ether oxygens (including phenoxy) is 1. The van der Waals surface area contributed by atoms with Gasteiger partial charge in [0.2, 0.25) is 0 Å². The van der Waals surface area contributed by atoms with E-state index in [2.05, 4.69) is 118 Å². The normalized spacial score (nSPS) is 14.6. The molecular weight excluding hydrogens is 593 g/mol. The predicted octanol–water partition coefficient (Wildman–Crippen LogP) is 5.95. The summed E-state index contributed by atoms with van der Waals surface area (Å²) in [6, 6.07) is 27.1. The van der Waals surface area contributed by atoms with Crippen LogP contribution in [-0.2, 0) is 19.6 Å². The third-order valence-electron chi connectivity index (χ3n) is 8.97. The molecule has 0 N–H and O–H groups in total. The summed E-state index contributed by atoms with van der Waals surface area (Å²) >= 11 is 0. The van der Waals surface area contributed by atoms with Crippen molar-refractivity contribution in [2.24, 2.45) is 0 Å². The average Bonchev–Trinajstić information content (AvgIpc) is 3.71. The number of allylic oxidation sites excluding steroid dienone is 1. The number of hydrogen-bond donors (Lipinski definition) is 0. The summed E-state index contributed by atoms with van der Waals surface area (Å²) in [5.41, 5.74) is 11.6. The van der Waals surface area contributed by atoms with Gasteiger partial charge in [-0.25, -0.2) is 0 Å². The molecule has 0 spiro atoms. The molecule has 0 aliphatic carbocycles. The van der Waals surface area contributed by atoms with Gasteiger partial charge in [-0.1, -0.05) is 35.9 Å². The Morgan fingerprint density at radius 2 is 1.40 bits per heavy atom. The number of hydrogen-bond acceptors (Lipinski definition) is 5. The van der Waals surface area contributed by atoms with E-state index in [0.29, 0.717) is 6.54 Å². The number of aromatic nitrogens is 4. The van der Waals surface area contributed by atoms with E-state index < -0.39 is 0 Å². The van der Waals surface area contributed by atoms with E-state index in [-0.39, 0.29) is 0 Å². The van der Waals surface area contributed by atoms with E-state index in [4.69, 9.17) is 9.72 Å². The fraction of sp³-hybridized carbons (Fsp3) is 0.231. The standard InChI is InChI=1S/C39H40BN7O/c1-28-23-29(2)38(30(3)24-28)39-34-14-16-36(46(34)40-47-35(39)15-17-37(47)48-4)45(27-33-13-7-10-20-43-33)22-21-44(25-31-11-5-8-18-41-31)26-32-12-6-9-19-42-32/h5-20,23-24H,21-22,25-27H2,1-4H3/q+1. The summed E-state index contributed by atoms with van der Waals surface area (Å²) < 4.78 is 10.5. The summed E-state index contributed by atoms with van der Waals surface area (Å²) in [6.07, 6.45) is 10.1. The van der Waals surface area contributed by atoms with Crippen molar-refractivity contribution in [2.75, 3.05) is 20.2 Å². The number of nitrogens with zero attached hydrogens (tertiary/aromatic N) is 7. The molecule has 2 aliphatic heterocycles. The van der Waals surface area contributed by atoms with Crippen LogP contribution in [-0.4, -0.2) is 67.3 Å². The molecule has 0 saturated heterocycles. The van der Waals surface area contributed by atoms with Gasteiger partial charge in [0, 0.05) is 50.0 Å². The van der Waals surface area contributed by atoms with E-state index >= 15 is 0 Å². The number of rotatable bonds is 11. The van der Waals surface area contributed by atoms with Crippen LogP contribution in [0.1, 0.15) is 45.0 Å². The first kappa shape index (κ1) is 31.3. The zero-order valence-electron chi connectivity index (χ0n) is 28.0. The Morgan fingerprint density at radius 3 is 1.98 bits per heavy atom. The molecule has 0 amide bonds. The van der Waals surface area contributed by atoms with Gasteiger partial charge < -0.3 is 9.21 Å². The maximum Gasteiger partial charge on any atom is 0.555 e. The van der Waals surface area contributed by atoms with E-state index in [1.54, 1.807) is 7.11 Å².